The molecule has 0 saturated carbocycles. The maximum absolute atomic E-state index is 5.21. The van der Waals surface area contributed by atoms with Crippen LogP contribution in [0.4, 0.5) is 0 Å². The number of hydrogen-bond acceptors (Lipinski definition) is 3. The summed E-state index contributed by atoms with van der Waals surface area (Å²) in [6, 6.07) is 0. The molecule has 0 fully saturated rings. The standard InChI is InChI=1S/C9H14N4S/c1-2-10-9(14)13-8-6-4-3-5-7(8)11-12-13/h2-6H2,1H3,(H,10,14). The first-order valence-corrected chi connectivity index (χ1v) is 5.45. The largest absolute Gasteiger partial charge is 0.361 e. The molecular formula is C9H14N4S. The van der Waals surface area contributed by atoms with Crippen molar-refractivity contribution in [3.05, 3.63) is 11.4 Å². The second-order valence-corrected chi connectivity index (χ2v) is 3.82. The van der Waals surface area contributed by atoms with Gasteiger partial charge >= 0.3 is 0 Å². The Balaban J connectivity index is 2.25. The third kappa shape index (κ3) is 1.64. The first kappa shape index (κ1) is 9.58. The van der Waals surface area contributed by atoms with Gasteiger partial charge in [0.05, 0.1) is 11.4 Å². The van der Waals surface area contributed by atoms with Crippen LogP contribution in [0.3, 0.4) is 0 Å². The Kier molecular flexibility index (Phi) is 2.77. The van der Waals surface area contributed by atoms with Gasteiger partial charge in [0.1, 0.15) is 0 Å². The summed E-state index contributed by atoms with van der Waals surface area (Å²) >= 11 is 5.21. The highest BCUT2D eigenvalue weighted by atomic mass is 32.1. The molecule has 4 nitrogen and oxygen atoms in total. The van der Waals surface area contributed by atoms with Crippen molar-refractivity contribution in [1.29, 1.82) is 0 Å². The summed E-state index contributed by atoms with van der Waals surface area (Å²) in [6.45, 7) is 2.85. The van der Waals surface area contributed by atoms with Crippen LogP contribution in [0.5, 0.6) is 0 Å². The molecule has 0 unspecified atom stereocenters. The molecule has 0 radical (unpaired) electrons. The van der Waals surface area contributed by atoms with Crippen molar-refractivity contribution < 1.29 is 0 Å². The first-order chi connectivity index (χ1) is 6.83. The number of aromatic nitrogens is 3. The fourth-order valence-corrected chi connectivity index (χ4v) is 2.04. The number of thiocarbonyl (C=S) groups is 1. The van der Waals surface area contributed by atoms with E-state index in [1.54, 1.807) is 4.68 Å². The molecule has 1 aromatic rings. The van der Waals surface area contributed by atoms with Crippen molar-refractivity contribution in [3.8, 4) is 0 Å². The summed E-state index contributed by atoms with van der Waals surface area (Å²) in [5.74, 6) is 0. The van der Waals surface area contributed by atoms with Crippen LogP contribution < -0.4 is 5.32 Å². The van der Waals surface area contributed by atoms with E-state index in [-0.39, 0.29) is 0 Å². The lowest BCUT2D eigenvalue weighted by Crippen LogP contribution is -2.30. The topological polar surface area (TPSA) is 42.7 Å². The van der Waals surface area contributed by atoms with Gasteiger partial charge in [0.2, 0.25) is 0 Å². The Morgan fingerprint density at radius 3 is 3.07 bits per heavy atom. The van der Waals surface area contributed by atoms with Gasteiger partial charge in [-0.05, 0) is 44.8 Å². The normalized spacial score (nSPS) is 14.9. The predicted octanol–water partition coefficient (Wildman–Crippen LogP) is 0.899. The van der Waals surface area contributed by atoms with E-state index in [2.05, 4.69) is 15.6 Å². The van der Waals surface area contributed by atoms with Gasteiger partial charge in [0, 0.05) is 6.54 Å². The van der Waals surface area contributed by atoms with E-state index in [1.165, 1.54) is 18.5 Å². The minimum atomic E-state index is 0.670. The highest BCUT2D eigenvalue weighted by Gasteiger charge is 2.18. The lowest BCUT2D eigenvalue weighted by Gasteiger charge is -2.12. The third-order valence-electron chi connectivity index (χ3n) is 2.44. The summed E-state index contributed by atoms with van der Waals surface area (Å²) in [7, 11) is 0. The fraction of sp³-hybridized carbons (Fsp3) is 0.667. The number of aryl methyl sites for hydroxylation is 1. The minimum Gasteiger partial charge on any atom is -0.361 e. The van der Waals surface area contributed by atoms with Crippen LogP contribution >= 0.6 is 12.2 Å². The van der Waals surface area contributed by atoms with Crippen LogP contribution in [-0.2, 0) is 12.8 Å². The van der Waals surface area contributed by atoms with Gasteiger partial charge in [-0.25, -0.2) is 0 Å². The molecule has 0 amide bonds. The number of rotatable bonds is 1. The second-order valence-electron chi connectivity index (χ2n) is 3.44. The molecule has 0 bridgehead atoms. The maximum Gasteiger partial charge on any atom is 0.195 e. The molecule has 1 aromatic heterocycles. The number of fused-ring (bicyclic) bond motifs is 1. The van der Waals surface area contributed by atoms with E-state index in [0.29, 0.717) is 5.11 Å². The van der Waals surface area contributed by atoms with Crippen molar-refractivity contribution >= 4 is 17.3 Å². The van der Waals surface area contributed by atoms with Crippen LogP contribution in [-0.4, -0.2) is 26.7 Å². The van der Waals surface area contributed by atoms with Crippen molar-refractivity contribution in [1.82, 2.24) is 20.3 Å². The van der Waals surface area contributed by atoms with Crippen molar-refractivity contribution in [3.63, 3.8) is 0 Å². The van der Waals surface area contributed by atoms with E-state index in [1.807, 2.05) is 6.92 Å². The van der Waals surface area contributed by atoms with E-state index >= 15 is 0 Å². The summed E-state index contributed by atoms with van der Waals surface area (Å²) in [4.78, 5) is 0. The van der Waals surface area contributed by atoms with E-state index in [0.717, 1.165) is 25.1 Å². The lowest BCUT2D eigenvalue weighted by atomic mass is 10.0. The monoisotopic (exact) mass is 210 g/mol. The van der Waals surface area contributed by atoms with Crippen LogP contribution in [0.1, 0.15) is 31.2 Å². The molecule has 2 rings (SSSR count). The molecule has 5 heteroatoms. The van der Waals surface area contributed by atoms with Gasteiger partial charge in [-0.1, -0.05) is 5.21 Å². The molecule has 1 N–H and O–H groups in total. The summed E-state index contributed by atoms with van der Waals surface area (Å²) in [6.07, 6.45) is 4.53. The van der Waals surface area contributed by atoms with Crippen LogP contribution in [0.2, 0.25) is 0 Å². The van der Waals surface area contributed by atoms with E-state index in [9.17, 15) is 0 Å². The predicted molar refractivity (Wildman–Crippen MR) is 58.3 cm³/mol. The average molecular weight is 210 g/mol. The van der Waals surface area contributed by atoms with Gasteiger partial charge in [-0.15, -0.1) is 5.10 Å². The molecule has 1 aliphatic carbocycles. The van der Waals surface area contributed by atoms with E-state index < -0.39 is 0 Å². The number of nitrogens with zero attached hydrogens (tertiary/aromatic N) is 3. The van der Waals surface area contributed by atoms with Crippen molar-refractivity contribution in [2.45, 2.75) is 32.6 Å². The Labute approximate surface area is 88.7 Å². The van der Waals surface area contributed by atoms with Crippen LogP contribution in [0.25, 0.3) is 0 Å². The lowest BCUT2D eigenvalue weighted by molar-refractivity contribution is 0.656. The minimum absolute atomic E-state index is 0.670. The zero-order valence-corrected chi connectivity index (χ0v) is 9.10. The highest BCUT2D eigenvalue weighted by Crippen LogP contribution is 2.18. The SMILES string of the molecule is CCNC(=S)n1nnc2c1CCCC2. The summed E-state index contributed by atoms with van der Waals surface area (Å²) in [5.41, 5.74) is 2.32. The maximum atomic E-state index is 5.21. The molecular weight excluding hydrogens is 196 g/mol. The highest BCUT2D eigenvalue weighted by molar-refractivity contribution is 7.80. The first-order valence-electron chi connectivity index (χ1n) is 5.04. The zero-order valence-electron chi connectivity index (χ0n) is 8.29. The second kappa shape index (κ2) is 4.04. The quantitative estimate of drug-likeness (QED) is 0.699. The fourth-order valence-electron chi connectivity index (χ4n) is 1.75. The Morgan fingerprint density at radius 1 is 1.50 bits per heavy atom. The van der Waals surface area contributed by atoms with Crippen molar-refractivity contribution in [2.75, 3.05) is 6.54 Å². The molecule has 0 atom stereocenters. The molecule has 0 aromatic carbocycles. The average Bonchev–Trinajstić information content (AvgIpc) is 2.61. The van der Waals surface area contributed by atoms with Gasteiger partial charge in [0.15, 0.2) is 5.11 Å². The molecule has 0 saturated heterocycles. The molecule has 1 heterocycles. The van der Waals surface area contributed by atoms with Crippen molar-refractivity contribution in [2.24, 2.45) is 0 Å². The summed E-state index contributed by atoms with van der Waals surface area (Å²) in [5, 5.41) is 12.0. The zero-order chi connectivity index (χ0) is 9.97. The molecule has 76 valence electrons. The molecule has 14 heavy (non-hydrogen) atoms. The van der Waals surface area contributed by atoms with Crippen LogP contribution in [0.15, 0.2) is 0 Å². The van der Waals surface area contributed by atoms with E-state index in [4.69, 9.17) is 12.2 Å². The van der Waals surface area contributed by atoms with Gasteiger partial charge < -0.3 is 5.32 Å². The van der Waals surface area contributed by atoms with Gasteiger partial charge in [0.25, 0.3) is 0 Å². The molecule has 1 aliphatic rings. The number of hydrogen-bond donors (Lipinski definition) is 1. The van der Waals surface area contributed by atoms with Gasteiger partial charge in [-0.3, -0.25) is 0 Å². The molecule has 0 spiro atoms. The Morgan fingerprint density at radius 2 is 2.29 bits per heavy atom. The van der Waals surface area contributed by atoms with Gasteiger partial charge in [-0.2, -0.15) is 4.68 Å². The molecule has 0 aliphatic heterocycles. The van der Waals surface area contributed by atoms with Crippen LogP contribution in [0, 0.1) is 0 Å². The third-order valence-corrected chi connectivity index (χ3v) is 2.76. The smallest absolute Gasteiger partial charge is 0.195 e. The Hall–Kier alpha value is -0.970. The summed E-state index contributed by atoms with van der Waals surface area (Å²) < 4.78 is 1.77. The number of nitrogens with one attached hydrogen (secondary N) is 1. The Bertz CT molecular complexity index is 345.